The van der Waals surface area contributed by atoms with Crippen LogP contribution in [0, 0.1) is 5.92 Å². The molecule has 0 aromatic heterocycles. The third kappa shape index (κ3) is 4.93. The number of sulfonamides is 1. The highest BCUT2D eigenvalue weighted by atomic mass is 32.2. The number of rotatable bonds is 7. The monoisotopic (exact) mass is 452 g/mol. The van der Waals surface area contributed by atoms with Crippen LogP contribution in [0.25, 0.3) is 0 Å². The summed E-state index contributed by atoms with van der Waals surface area (Å²) < 4.78 is 55.3. The van der Waals surface area contributed by atoms with E-state index in [0.717, 1.165) is 4.31 Å². The molecule has 1 aliphatic rings. The fraction of sp³-hybridized carbons (Fsp3) is 0.350. The van der Waals surface area contributed by atoms with Crippen molar-refractivity contribution in [3.63, 3.8) is 0 Å². The molecule has 8 nitrogen and oxygen atoms in total. The van der Waals surface area contributed by atoms with E-state index in [9.17, 15) is 21.6 Å². The molecule has 1 unspecified atom stereocenters. The van der Waals surface area contributed by atoms with Crippen molar-refractivity contribution in [3.8, 4) is 5.75 Å². The Balaban J connectivity index is 1.73. The van der Waals surface area contributed by atoms with Crippen LogP contribution in [0.2, 0.25) is 0 Å². The van der Waals surface area contributed by atoms with Gasteiger partial charge in [-0.3, -0.25) is 9.10 Å². The second-order valence-corrected chi connectivity index (χ2v) is 11.4. The highest BCUT2D eigenvalue weighted by Gasteiger charge is 2.28. The lowest BCUT2D eigenvalue weighted by molar-refractivity contribution is 0.0948. The molecule has 2 aromatic rings. The molecule has 162 valence electrons. The molecule has 0 bridgehead atoms. The van der Waals surface area contributed by atoms with E-state index in [-0.39, 0.29) is 34.4 Å². The fourth-order valence-electron chi connectivity index (χ4n) is 3.26. The van der Waals surface area contributed by atoms with Crippen LogP contribution in [0.5, 0.6) is 5.75 Å². The summed E-state index contributed by atoms with van der Waals surface area (Å²) >= 11 is 0. The van der Waals surface area contributed by atoms with E-state index in [1.54, 1.807) is 24.3 Å². The topological polar surface area (TPSA) is 110 Å². The molecule has 0 radical (unpaired) electrons. The Kier molecular flexibility index (Phi) is 6.37. The number of benzene rings is 2. The van der Waals surface area contributed by atoms with Gasteiger partial charge in [0, 0.05) is 19.2 Å². The van der Waals surface area contributed by atoms with Gasteiger partial charge >= 0.3 is 0 Å². The van der Waals surface area contributed by atoms with Gasteiger partial charge in [-0.1, -0.05) is 6.07 Å². The number of carbonyl (C=O) groups excluding carboxylic acids is 1. The highest BCUT2D eigenvalue weighted by molar-refractivity contribution is 7.92. The Morgan fingerprint density at radius 3 is 2.50 bits per heavy atom. The Morgan fingerprint density at radius 1 is 1.20 bits per heavy atom. The average molecular weight is 453 g/mol. The van der Waals surface area contributed by atoms with E-state index in [4.69, 9.17) is 4.74 Å². The van der Waals surface area contributed by atoms with Crippen molar-refractivity contribution in [2.75, 3.05) is 36.5 Å². The van der Waals surface area contributed by atoms with Crippen LogP contribution in [0.3, 0.4) is 0 Å². The molecule has 0 aliphatic carbocycles. The molecule has 3 rings (SSSR count). The molecule has 30 heavy (non-hydrogen) atoms. The largest absolute Gasteiger partial charge is 0.497 e. The van der Waals surface area contributed by atoms with Gasteiger partial charge in [-0.15, -0.1) is 0 Å². The first kappa shape index (κ1) is 22.1. The number of nitrogens with one attached hydrogen (secondary N) is 1. The summed E-state index contributed by atoms with van der Waals surface area (Å²) in [6, 6.07) is 12.3. The number of hydrogen-bond acceptors (Lipinski definition) is 6. The summed E-state index contributed by atoms with van der Waals surface area (Å²) in [6.45, 7) is 0.237. The number of amides is 1. The quantitative estimate of drug-likeness (QED) is 0.685. The zero-order valence-corrected chi connectivity index (χ0v) is 18.4. The van der Waals surface area contributed by atoms with Crippen LogP contribution in [0.15, 0.2) is 53.4 Å². The summed E-state index contributed by atoms with van der Waals surface area (Å²) in [4.78, 5) is 12.5. The molecule has 1 heterocycles. The fourth-order valence-corrected chi connectivity index (χ4v) is 6.36. The van der Waals surface area contributed by atoms with Crippen molar-refractivity contribution >= 4 is 31.5 Å². The van der Waals surface area contributed by atoms with Crippen molar-refractivity contribution in [2.24, 2.45) is 5.92 Å². The molecule has 1 aliphatic heterocycles. The van der Waals surface area contributed by atoms with E-state index in [1.807, 2.05) is 0 Å². The summed E-state index contributed by atoms with van der Waals surface area (Å²) in [5, 5.41) is 2.71. The van der Waals surface area contributed by atoms with Gasteiger partial charge in [0.15, 0.2) is 9.84 Å². The normalized spacial score (nSPS) is 18.0. The Bertz CT molecular complexity index is 1130. The number of anilines is 1. The molecular formula is C20H24N2O6S2. The maximum Gasteiger partial charge on any atom is 0.264 e. The SMILES string of the molecule is COc1ccc(N(C)S(=O)(=O)c2cccc(C(=O)NCC3CCS(=O)(=O)C3)c2)cc1. The van der Waals surface area contributed by atoms with Crippen molar-refractivity contribution in [2.45, 2.75) is 11.3 Å². The first-order valence-corrected chi connectivity index (χ1v) is 12.6. The lowest BCUT2D eigenvalue weighted by atomic mass is 10.1. The molecule has 2 aromatic carbocycles. The van der Waals surface area contributed by atoms with Crippen molar-refractivity contribution in [1.29, 1.82) is 0 Å². The number of methoxy groups -OCH3 is 1. The number of sulfone groups is 1. The van der Waals surface area contributed by atoms with E-state index in [1.165, 1.54) is 38.4 Å². The molecule has 1 atom stereocenters. The number of ether oxygens (including phenoxy) is 1. The van der Waals surface area contributed by atoms with Gasteiger partial charge in [0.1, 0.15) is 5.75 Å². The van der Waals surface area contributed by atoms with Crippen molar-refractivity contribution in [1.82, 2.24) is 5.32 Å². The number of hydrogen-bond donors (Lipinski definition) is 1. The summed E-state index contributed by atoms with van der Waals surface area (Å²) in [6.07, 6.45) is 0.518. The molecule has 10 heteroatoms. The smallest absolute Gasteiger partial charge is 0.264 e. The standard InChI is InChI=1S/C20H24N2O6S2/c1-22(17-6-8-18(28-2)9-7-17)30(26,27)19-5-3-4-16(12-19)20(23)21-13-15-10-11-29(24,25)14-15/h3-9,12,15H,10-11,13-14H2,1-2H3,(H,21,23). The zero-order valence-electron chi connectivity index (χ0n) is 16.7. The van der Waals surface area contributed by atoms with Crippen molar-refractivity contribution in [3.05, 3.63) is 54.1 Å². The third-order valence-corrected chi connectivity index (χ3v) is 8.69. The van der Waals surface area contributed by atoms with Gasteiger partial charge in [-0.2, -0.15) is 0 Å². The number of carbonyl (C=O) groups is 1. The van der Waals surface area contributed by atoms with Crippen LogP contribution in [0.1, 0.15) is 16.8 Å². The minimum Gasteiger partial charge on any atom is -0.497 e. The van der Waals surface area contributed by atoms with Gasteiger partial charge < -0.3 is 10.1 Å². The molecule has 1 fully saturated rings. The van der Waals surface area contributed by atoms with Gasteiger partial charge in [0.05, 0.1) is 29.2 Å². The van der Waals surface area contributed by atoms with Crippen LogP contribution >= 0.6 is 0 Å². The van der Waals surface area contributed by atoms with Crippen molar-refractivity contribution < 1.29 is 26.4 Å². The van der Waals surface area contributed by atoms with Crippen LogP contribution < -0.4 is 14.4 Å². The summed E-state index contributed by atoms with van der Waals surface area (Å²) in [5.74, 6) is 0.252. The molecule has 0 saturated carbocycles. The second-order valence-electron chi connectivity index (χ2n) is 7.18. The van der Waals surface area contributed by atoms with E-state index in [0.29, 0.717) is 17.9 Å². The summed E-state index contributed by atoms with van der Waals surface area (Å²) in [5.41, 5.74) is 0.646. The van der Waals surface area contributed by atoms with Gasteiger partial charge in [0.25, 0.3) is 15.9 Å². The number of nitrogens with zero attached hydrogens (tertiary/aromatic N) is 1. The molecule has 1 amide bonds. The molecular weight excluding hydrogens is 428 g/mol. The lowest BCUT2D eigenvalue weighted by Gasteiger charge is -2.20. The minimum absolute atomic E-state index is 0.0167. The minimum atomic E-state index is -3.88. The summed E-state index contributed by atoms with van der Waals surface area (Å²) in [7, 11) is -3.94. The van der Waals surface area contributed by atoms with E-state index < -0.39 is 25.8 Å². The van der Waals surface area contributed by atoms with Crippen LogP contribution in [-0.4, -0.2) is 55.0 Å². The predicted molar refractivity (Wildman–Crippen MR) is 114 cm³/mol. The van der Waals surface area contributed by atoms with Crippen LogP contribution in [0.4, 0.5) is 5.69 Å². The van der Waals surface area contributed by atoms with Gasteiger partial charge in [0.2, 0.25) is 0 Å². The predicted octanol–water partition coefficient (Wildman–Crippen LogP) is 1.68. The van der Waals surface area contributed by atoms with Gasteiger partial charge in [-0.25, -0.2) is 16.8 Å². The van der Waals surface area contributed by atoms with Crippen LogP contribution in [-0.2, 0) is 19.9 Å². The Hall–Kier alpha value is -2.59. The molecule has 0 spiro atoms. The highest BCUT2D eigenvalue weighted by Crippen LogP contribution is 2.25. The maximum absolute atomic E-state index is 13.0. The lowest BCUT2D eigenvalue weighted by Crippen LogP contribution is -2.30. The van der Waals surface area contributed by atoms with Gasteiger partial charge in [-0.05, 0) is 54.8 Å². The average Bonchev–Trinajstić information content (AvgIpc) is 3.10. The first-order chi connectivity index (χ1) is 14.1. The van der Waals surface area contributed by atoms with E-state index in [2.05, 4.69) is 5.32 Å². The zero-order chi connectivity index (χ0) is 21.9. The first-order valence-electron chi connectivity index (χ1n) is 9.34. The maximum atomic E-state index is 13.0. The molecule has 1 N–H and O–H groups in total. The third-order valence-electron chi connectivity index (χ3n) is 5.07. The molecule has 1 saturated heterocycles. The van der Waals surface area contributed by atoms with E-state index >= 15 is 0 Å². The Morgan fingerprint density at radius 2 is 1.90 bits per heavy atom. The Labute approximate surface area is 176 Å². The second kappa shape index (κ2) is 8.65.